The number of hydrogen-bond donors (Lipinski definition) is 0. The van der Waals surface area contributed by atoms with Gasteiger partial charge in [-0.05, 0) is 20.8 Å². The molecule has 0 aromatic carbocycles. The smallest absolute Gasteiger partial charge is 0.306 e. The Morgan fingerprint density at radius 1 is 1.16 bits per heavy atom. The van der Waals surface area contributed by atoms with Gasteiger partial charge in [0.15, 0.2) is 0 Å². The molecule has 0 radical (unpaired) electrons. The second kappa shape index (κ2) is 6.64. The monoisotopic (exact) mass is 287 g/mol. The predicted octanol–water partition coefficient (Wildman–Crippen LogP) is 2.46. The van der Waals surface area contributed by atoms with Crippen molar-refractivity contribution in [2.75, 3.05) is 13.1 Å². The van der Waals surface area contributed by atoms with Crippen molar-refractivity contribution >= 4 is 23.6 Å². The highest BCUT2D eigenvalue weighted by Crippen LogP contribution is 2.25. The number of hydrogen-bond acceptors (Lipinski definition) is 4. The maximum Gasteiger partial charge on any atom is 0.306 e. The lowest BCUT2D eigenvalue weighted by Crippen LogP contribution is -2.44. The summed E-state index contributed by atoms with van der Waals surface area (Å²) in [5.41, 5.74) is -0.481. The van der Waals surface area contributed by atoms with Crippen molar-refractivity contribution in [1.29, 1.82) is 0 Å². The van der Waals surface area contributed by atoms with Gasteiger partial charge in [0.05, 0.1) is 6.42 Å². The Bertz CT molecular complexity index is 328. The van der Waals surface area contributed by atoms with Crippen molar-refractivity contribution in [2.24, 2.45) is 0 Å². The second-order valence-corrected chi connectivity index (χ2v) is 8.02. The fraction of sp³-hybridized carbons (Fsp3) is 0.857. The Labute approximate surface area is 120 Å². The van der Waals surface area contributed by atoms with Crippen molar-refractivity contribution in [3.05, 3.63) is 0 Å². The number of thioether (sulfide) groups is 1. The third kappa shape index (κ3) is 6.32. The minimum Gasteiger partial charge on any atom is -0.460 e. The number of carbonyl (C=O) groups is 2. The van der Waals surface area contributed by atoms with E-state index in [9.17, 15) is 9.59 Å². The molecule has 0 aliphatic carbocycles. The Hall–Kier alpha value is -0.710. The predicted molar refractivity (Wildman–Crippen MR) is 78.2 cm³/mol. The quantitative estimate of drug-likeness (QED) is 0.748. The van der Waals surface area contributed by atoms with Crippen LogP contribution in [0.15, 0.2) is 0 Å². The van der Waals surface area contributed by atoms with Crippen molar-refractivity contribution in [3.8, 4) is 0 Å². The third-order valence-electron chi connectivity index (χ3n) is 2.74. The van der Waals surface area contributed by atoms with Crippen molar-refractivity contribution in [1.82, 2.24) is 4.90 Å². The molecular formula is C14H25NO3S. The van der Waals surface area contributed by atoms with Crippen LogP contribution in [-0.2, 0) is 14.3 Å². The van der Waals surface area contributed by atoms with Crippen LogP contribution in [0.1, 0.15) is 47.5 Å². The van der Waals surface area contributed by atoms with Crippen LogP contribution in [0.3, 0.4) is 0 Å². The lowest BCUT2D eigenvalue weighted by Gasteiger charge is -2.34. The van der Waals surface area contributed by atoms with Gasteiger partial charge < -0.3 is 9.64 Å². The van der Waals surface area contributed by atoms with Crippen LogP contribution < -0.4 is 0 Å². The molecule has 5 heteroatoms. The van der Waals surface area contributed by atoms with Crippen LogP contribution in [-0.4, -0.2) is 46.0 Å². The van der Waals surface area contributed by atoms with Gasteiger partial charge in [0.25, 0.3) is 0 Å². The summed E-state index contributed by atoms with van der Waals surface area (Å²) in [5, 5.41) is 0.934. The summed E-state index contributed by atoms with van der Waals surface area (Å²) in [7, 11) is 0. The second-order valence-electron chi connectivity index (χ2n) is 6.14. The molecule has 1 heterocycles. The van der Waals surface area contributed by atoms with E-state index in [0.717, 1.165) is 13.1 Å². The normalized spacial score (nSPS) is 24.2. The first-order valence-corrected chi connectivity index (χ1v) is 7.77. The summed E-state index contributed by atoms with van der Waals surface area (Å²) >= 11 is 1.91. The first-order chi connectivity index (χ1) is 8.67. The highest BCUT2D eigenvalue weighted by Gasteiger charge is 2.26. The molecule has 19 heavy (non-hydrogen) atoms. The van der Waals surface area contributed by atoms with E-state index in [1.807, 2.05) is 37.4 Å². The largest absolute Gasteiger partial charge is 0.460 e. The lowest BCUT2D eigenvalue weighted by molar-refractivity contribution is -0.156. The zero-order valence-electron chi connectivity index (χ0n) is 12.6. The molecule has 1 aliphatic heterocycles. The van der Waals surface area contributed by atoms with E-state index in [1.54, 1.807) is 0 Å². The third-order valence-corrected chi connectivity index (χ3v) is 3.96. The number of amides is 1. The molecule has 2 atom stereocenters. The summed E-state index contributed by atoms with van der Waals surface area (Å²) in [6.45, 7) is 11.3. The average Bonchev–Trinajstić information content (AvgIpc) is 2.22. The van der Waals surface area contributed by atoms with Gasteiger partial charge in [0.2, 0.25) is 5.91 Å². The maximum atomic E-state index is 12.1. The molecule has 0 aromatic heterocycles. The van der Waals surface area contributed by atoms with Gasteiger partial charge in [0.1, 0.15) is 5.60 Å². The molecule has 1 saturated heterocycles. The summed E-state index contributed by atoms with van der Waals surface area (Å²) in [4.78, 5) is 25.5. The highest BCUT2D eigenvalue weighted by molar-refractivity contribution is 8.00. The van der Waals surface area contributed by atoms with Crippen molar-refractivity contribution in [2.45, 2.75) is 63.6 Å². The van der Waals surface area contributed by atoms with Crippen LogP contribution in [0.25, 0.3) is 0 Å². The molecule has 0 bridgehead atoms. The van der Waals surface area contributed by atoms with E-state index in [0.29, 0.717) is 10.5 Å². The molecule has 0 saturated carbocycles. The highest BCUT2D eigenvalue weighted by atomic mass is 32.2. The number of esters is 1. The van der Waals surface area contributed by atoms with Gasteiger partial charge in [-0.15, -0.1) is 0 Å². The van der Waals surface area contributed by atoms with Gasteiger partial charge in [-0.2, -0.15) is 11.8 Å². The molecule has 0 spiro atoms. The van der Waals surface area contributed by atoms with Gasteiger partial charge in [-0.3, -0.25) is 9.59 Å². The maximum absolute atomic E-state index is 12.1. The van der Waals surface area contributed by atoms with E-state index in [4.69, 9.17) is 4.74 Å². The first-order valence-electron chi connectivity index (χ1n) is 6.82. The van der Waals surface area contributed by atoms with Crippen molar-refractivity contribution < 1.29 is 14.3 Å². The van der Waals surface area contributed by atoms with Gasteiger partial charge in [-0.1, -0.05) is 13.8 Å². The van der Waals surface area contributed by atoms with E-state index >= 15 is 0 Å². The minimum atomic E-state index is -0.481. The standard InChI is InChI=1S/C14H25NO3S/c1-10-8-15(9-11(2)19-10)12(16)6-7-13(17)18-14(3,4)5/h10-11H,6-9H2,1-5H3. The Kier molecular flexibility index (Phi) is 5.71. The summed E-state index contributed by atoms with van der Waals surface area (Å²) < 4.78 is 5.20. The number of carbonyl (C=O) groups excluding carboxylic acids is 2. The average molecular weight is 287 g/mol. The Morgan fingerprint density at radius 3 is 2.16 bits per heavy atom. The molecule has 1 fully saturated rings. The summed E-state index contributed by atoms with van der Waals surface area (Å²) in [6.07, 6.45) is 0.418. The Balaban J connectivity index is 2.37. The van der Waals surface area contributed by atoms with E-state index in [1.165, 1.54) is 0 Å². The lowest BCUT2D eigenvalue weighted by atomic mass is 10.2. The molecule has 1 rings (SSSR count). The van der Waals surface area contributed by atoms with Crippen LogP contribution in [0.2, 0.25) is 0 Å². The number of rotatable bonds is 3. The topological polar surface area (TPSA) is 46.6 Å². The zero-order valence-corrected chi connectivity index (χ0v) is 13.4. The van der Waals surface area contributed by atoms with E-state index in [-0.39, 0.29) is 24.7 Å². The fourth-order valence-corrected chi connectivity index (χ4v) is 3.47. The van der Waals surface area contributed by atoms with Crippen LogP contribution in [0.5, 0.6) is 0 Å². The van der Waals surface area contributed by atoms with E-state index < -0.39 is 5.60 Å². The van der Waals surface area contributed by atoms with E-state index in [2.05, 4.69) is 13.8 Å². The minimum absolute atomic E-state index is 0.0601. The first kappa shape index (κ1) is 16.3. The number of ether oxygens (including phenoxy) is 1. The van der Waals surface area contributed by atoms with Gasteiger partial charge in [0, 0.05) is 30.0 Å². The summed E-state index contributed by atoms with van der Waals surface area (Å²) in [6, 6.07) is 0. The zero-order chi connectivity index (χ0) is 14.6. The van der Waals surface area contributed by atoms with Crippen LogP contribution in [0, 0.1) is 0 Å². The SMILES string of the molecule is CC1CN(C(=O)CCC(=O)OC(C)(C)C)CC(C)S1. The van der Waals surface area contributed by atoms with Crippen molar-refractivity contribution in [3.63, 3.8) is 0 Å². The molecule has 110 valence electrons. The Morgan fingerprint density at radius 2 is 1.68 bits per heavy atom. The van der Waals surface area contributed by atoms with Crippen LogP contribution in [0.4, 0.5) is 0 Å². The van der Waals surface area contributed by atoms with Crippen LogP contribution >= 0.6 is 11.8 Å². The number of nitrogens with zero attached hydrogens (tertiary/aromatic N) is 1. The fourth-order valence-electron chi connectivity index (χ4n) is 2.14. The molecular weight excluding hydrogens is 262 g/mol. The van der Waals surface area contributed by atoms with Gasteiger partial charge >= 0.3 is 5.97 Å². The molecule has 0 N–H and O–H groups in total. The van der Waals surface area contributed by atoms with Gasteiger partial charge in [-0.25, -0.2) is 0 Å². The molecule has 1 amide bonds. The molecule has 2 unspecified atom stereocenters. The molecule has 1 aliphatic rings. The summed E-state index contributed by atoms with van der Waals surface area (Å²) in [5.74, 6) is -0.238. The molecule has 4 nitrogen and oxygen atoms in total. The molecule has 0 aromatic rings.